The first-order chi connectivity index (χ1) is 19.0. The number of anilines is 1. The van der Waals surface area contributed by atoms with E-state index >= 15 is 0 Å². The van der Waals surface area contributed by atoms with Crippen LogP contribution in [0.15, 0.2) is 121 Å². The van der Waals surface area contributed by atoms with Gasteiger partial charge in [0.1, 0.15) is 11.7 Å². The lowest BCUT2D eigenvalue weighted by molar-refractivity contribution is -0.642. The molecule has 0 spiro atoms. The molecule has 2 nitrogen and oxygen atoms in total. The van der Waals surface area contributed by atoms with Crippen molar-refractivity contribution in [2.24, 2.45) is 7.05 Å². The first-order valence-electron chi connectivity index (χ1n) is 13.5. The average Bonchev–Trinajstić information content (AvgIpc) is 3.40. The number of fused-ring (bicyclic) bond motifs is 5. The van der Waals surface area contributed by atoms with Crippen molar-refractivity contribution in [3.63, 3.8) is 0 Å². The second kappa shape index (κ2) is 9.21. The summed E-state index contributed by atoms with van der Waals surface area (Å²) in [6.07, 6.45) is 7.77. The van der Waals surface area contributed by atoms with Crippen LogP contribution >= 0.6 is 11.3 Å². The number of benzene rings is 5. The maximum absolute atomic E-state index is 2.40. The molecule has 39 heavy (non-hydrogen) atoms. The maximum atomic E-state index is 2.40. The summed E-state index contributed by atoms with van der Waals surface area (Å²) < 4.78 is 3.65. The quantitative estimate of drug-likeness (QED) is 0.210. The zero-order valence-corrected chi connectivity index (χ0v) is 23.4. The van der Waals surface area contributed by atoms with E-state index in [1.807, 2.05) is 11.3 Å². The summed E-state index contributed by atoms with van der Waals surface area (Å²) in [5, 5.41) is 6.45. The molecule has 7 rings (SSSR count). The Morgan fingerprint density at radius 3 is 2.41 bits per heavy atom. The van der Waals surface area contributed by atoms with Crippen molar-refractivity contribution in [1.82, 2.24) is 0 Å². The summed E-state index contributed by atoms with van der Waals surface area (Å²) in [6, 6.07) is 37.5. The van der Waals surface area contributed by atoms with Gasteiger partial charge in [0, 0.05) is 41.4 Å². The molecule has 0 radical (unpaired) electrons. The first-order valence-corrected chi connectivity index (χ1v) is 14.3. The Morgan fingerprint density at radius 1 is 0.821 bits per heavy atom. The monoisotopic (exact) mass is 523 g/mol. The van der Waals surface area contributed by atoms with Gasteiger partial charge >= 0.3 is 0 Å². The molecular formula is C36H31N2S+. The van der Waals surface area contributed by atoms with Gasteiger partial charge in [0.05, 0.1) is 0 Å². The van der Waals surface area contributed by atoms with Crippen molar-refractivity contribution in [2.75, 3.05) is 11.9 Å². The molecule has 190 valence electrons. The predicted molar refractivity (Wildman–Crippen MR) is 167 cm³/mol. The number of hydrogen-bond donors (Lipinski definition) is 0. The highest BCUT2D eigenvalue weighted by Gasteiger charge is 2.41. The van der Waals surface area contributed by atoms with Crippen LogP contribution in [0.25, 0.3) is 37.8 Å². The molecule has 1 unspecified atom stereocenters. The van der Waals surface area contributed by atoms with Gasteiger partial charge in [-0.15, -0.1) is 0 Å². The van der Waals surface area contributed by atoms with Gasteiger partial charge < -0.3 is 4.90 Å². The summed E-state index contributed by atoms with van der Waals surface area (Å²) in [6.45, 7) is 2.40. The number of aromatic nitrogens is 1. The highest BCUT2D eigenvalue weighted by Crippen LogP contribution is 2.49. The van der Waals surface area contributed by atoms with E-state index in [1.54, 1.807) is 0 Å². The molecule has 5 aromatic carbocycles. The number of hydrogen-bond acceptors (Lipinski definition) is 2. The van der Waals surface area contributed by atoms with Gasteiger partial charge in [-0.3, -0.25) is 0 Å². The molecule has 0 saturated heterocycles. The van der Waals surface area contributed by atoms with Crippen LogP contribution in [0.1, 0.15) is 23.1 Å². The minimum absolute atomic E-state index is 0.128. The molecule has 0 aliphatic carbocycles. The van der Waals surface area contributed by atoms with Gasteiger partial charge in [0.15, 0.2) is 0 Å². The third kappa shape index (κ3) is 3.88. The number of nitrogens with zero attached hydrogens (tertiary/aromatic N) is 2. The molecule has 0 saturated carbocycles. The van der Waals surface area contributed by atoms with E-state index in [0.717, 1.165) is 6.42 Å². The Morgan fingerprint density at radius 2 is 1.54 bits per heavy atom. The van der Waals surface area contributed by atoms with Crippen LogP contribution in [0, 0.1) is 0 Å². The minimum Gasteiger partial charge on any atom is -0.347 e. The summed E-state index contributed by atoms with van der Waals surface area (Å²) in [5.74, 6) is 0. The molecule has 1 aliphatic heterocycles. The van der Waals surface area contributed by atoms with E-state index < -0.39 is 0 Å². The van der Waals surface area contributed by atoms with Crippen LogP contribution in [0.3, 0.4) is 0 Å². The number of thiazole rings is 1. The molecule has 0 fully saturated rings. The normalized spacial score (nSPS) is 18.2. The highest BCUT2D eigenvalue weighted by molar-refractivity contribution is 7.19. The molecule has 6 aromatic rings. The molecule has 1 aliphatic rings. The Bertz CT molecular complexity index is 1940. The topological polar surface area (TPSA) is 7.12 Å². The minimum atomic E-state index is -0.128. The van der Waals surface area contributed by atoms with Gasteiger partial charge in [-0.05, 0) is 58.8 Å². The Labute approximate surface area is 233 Å². The number of para-hydroxylation sites is 1. The third-order valence-electron chi connectivity index (χ3n) is 8.41. The molecule has 0 amide bonds. The van der Waals surface area contributed by atoms with E-state index in [-0.39, 0.29) is 5.41 Å². The van der Waals surface area contributed by atoms with Crippen molar-refractivity contribution in [2.45, 2.75) is 18.8 Å². The van der Waals surface area contributed by atoms with Gasteiger partial charge in [-0.25, -0.2) is 0 Å². The van der Waals surface area contributed by atoms with Crippen LogP contribution in [0.2, 0.25) is 0 Å². The fourth-order valence-corrected chi connectivity index (χ4v) is 7.57. The SMILES string of the molecule is CN1/C(=C/C=C/c2sc3c4ccccc4ccc3[n+]2C)C(C)(Cc2ccc3ccccc3c2)c2ccccc21. The van der Waals surface area contributed by atoms with Crippen LogP contribution in [-0.4, -0.2) is 7.05 Å². The molecule has 1 atom stereocenters. The number of aryl methyl sites for hydroxylation is 1. The summed E-state index contributed by atoms with van der Waals surface area (Å²) >= 11 is 1.86. The third-order valence-corrected chi connectivity index (χ3v) is 9.66. The Balaban J connectivity index is 1.29. The van der Waals surface area contributed by atoms with Crippen LogP contribution < -0.4 is 9.47 Å². The van der Waals surface area contributed by atoms with Gasteiger partial charge in [-0.1, -0.05) is 102 Å². The van der Waals surface area contributed by atoms with Crippen LogP contribution in [0.5, 0.6) is 0 Å². The molecule has 2 heterocycles. The number of likely N-dealkylation sites (N-methyl/N-ethyl adjacent to an activating group) is 1. The van der Waals surface area contributed by atoms with E-state index in [2.05, 4.69) is 152 Å². The van der Waals surface area contributed by atoms with Crippen LogP contribution in [0.4, 0.5) is 5.69 Å². The fourth-order valence-electron chi connectivity index (χ4n) is 6.37. The fraction of sp³-hybridized carbons (Fsp3) is 0.139. The van der Waals surface area contributed by atoms with E-state index in [0.29, 0.717) is 0 Å². The second-order valence-electron chi connectivity index (χ2n) is 10.8. The average molecular weight is 524 g/mol. The van der Waals surface area contributed by atoms with Crippen LogP contribution in [-0.2, 0) is 18.9 Å². The number of rotatable bonds is 4. The lowest BCUT2D eigenvalue weighted by Crippen LogP contribution is -2.29. The van der Waals surface area contributed by atoms with Crippen molar-refractivity contribution < 1.29 is 4.57 Å². The summed E-state index contributed by atoms with van der Waals surface area (Å²) in [7, 11) is 4.37. The standard InChI is InChI=1S/C36H31N2S/c1-36(24-25-19-20-26-11-4-5-13-28(26)23-25)30-15-8-9-16-31(30)37(2)33(36)17-10-18-34-38(3)32-22-21-27-12-6-7-14-29(27)35(32)39-34/h4-23H,24H2,1-3H3/q+1. The first kappa shape index (κ1) is 23.9. The highest BCUT2D eigenvalue weighted by atomic mass is 32.1. The zero-order chi connectivity index (χ0) is 26.6. The summed E-state index contributed by atoms with van der Waals surface area (Å²) in [5.41, 5.74) is 6.51. The van der Waals surface area contributed by atoms with Gasteiger partial charge in [0.25, 0.3) is 5.01 Å². The zero-order valence-electron chi connectivity index (χ0n) is 22.6. The smallest absolute Gasteiger partial charge is 0.262 e. The predicted octanol–water partition coefficient (Wildman–Crippen LogP) is 8.58. The van der Waals surface area contributed by atoms with E-state index in [1.165, 1.54) is 59.3 Å². The van der Waals surface area contributed by atoms with E-state index in [4.69, 9.17) is 0 Å². The summed E-state index contributed by atoms with van der Waals surface area (Å²) in [4.78, 5) is 2.37. The molecule has 3 heteroatoms. The van der Waals surface area contributed by atoms with Crippen molar-refractivity contribution in [3.05, 3.63) is 137 Å². The van der Waals surface area contributed by atoms with Crippen molar-refractivity contribution in [3.8, 4) is 0 Å². The molecule has 0 N–H and O–H groups in total. The second-order valence-corrected chi connectivity index (χ2v) is 11.8. The van der Waals surface area contributed by atoms with Crippen molar-refractivity contribution >= 4 is 54.9 Å². The maximum Gasteiger partial charge on any atom is 0.262 e. The van der Waals surface area contributed by atoms with Gasteiger partial charge in [0.2, 0.25) is 5.52 Å². The lowest BCUT2D eigenvalue weighted by Gasteiger charge is -2.29. The number of allylic oxidation sites excluding steroid dienone is 3. The molecular weight excluding hydrogens is 492 g/mol. The molecule has 1 aromatic heterocycles. The Hall–Kier alpha value is -4.21. The Kier molecular flexibility index (Phi) is 5.64. The molecule has 0 bridgehead atoms. The largest absolute Gasteiger partial charge is 0.347 e. The van der Waals surface area contributed by atoms with Gasteiger partial charge in [-0.2, -0.15) is 4.57 Å². The van der Waals surface area contributed by atoms with E-state index in [9.17, 15) is 0 Å². The van der Waals surface area contributed by atoms with Crippen molar-refractivity contribution in [1.29, 1.82) is 0 Å². The lowest BCUT2D eigenvalue weighted by atomic mass is 9.76.